The minimum atomic E-state index is -0.526. The van der Waals surface area contributed by atoms with Crippen molar-refractivity contribution < 1.29 is 17.9 Å². The van der Waals surface area contributed by atoms with Gasteiger partial charge in [-0.15, -0.1) is 0 Å². The maximum atomic E-state index is 14.7. The average Bonchev–Trinajstić information content (AvgIpc) is 2.81. The summed E-state index contributed by atoms with van der Waals surface area (Å²) >= 11 is 0. The van der Waals surface area contributed by atoms with E-state index in [2.05, 4.69) is 18.8 Å². The topological polar surface area (TPSA) is 9.23 Å². The van der Waals surface area contributed by atoms with E-state index < -0.39 is 11.6 Å². The van der Waals surface area contributed by atoms with Gasteiger partial charge in [-0.05, 0) is 71.3 Å². The van der Waals surface area contributed by atoms with Crippen LogP contribution in [0.1, 0.15) is 37.3 Å². The van der Waals surface area contributed by atoms with Gasteiger partial charge >= 0.3 is 0 Å². The molecule has 0 N–H and O–H groups in total. The van der Waals surface area contributed by atoms with Gasteiger partial charge in [0, 0.05) is 17.2 Å². The molecule has 0 bridgehead atoms. The Labute approximate surface area is 191 Å². The lowest BCUT2D eigenvalue weighted by Gasteiger charge is -2.09. The second-order valence-corrected chi connectivity index (χ2v) is 7.85. The molecule has 0 unspecified atom stereocenters. The Morgan fingerprint density at radius 1 is 0.727 bits per heavy atom. The Morgan fingerprint density at radius 3 is 2.33 bits per heavy atom. The summed E-state index contributed by atoms with van der Waals surface area (Å²) in [6, 6.07) is 19.0. The second kappa shape index (κ2) is 10.3. The quantitative estimate of drug-likeness (QED) is 0.217. The highest BCUT2D eigenvalue weighted by atomic mass is 19.1. The van der Waals surface area contributed by atoms with Crippen molar-refractivity contribution in [3.8, 4) is 28.7 Å². The van der Waals surface area contributed by atoms with E-state index in [0.717, 1.165) is 30.0 Å². The monoisotopic (exact) mass is 444 g/mol. The molecule has 4 heteroatoms. The highest BCUT2D eigenvalue weighted by molar-refractivity contribution is 5.84. The van der Waals surface area contributed by atoms with Crippen LogP contribution in [0.25, 0.3) is 21.9 Å². The summed E-state index contributed by atoms with van der Waals surface area (Å²) in [5.41, 5.74) is 1.64. The van der Waals surface area contributed by atoms with E-state index >= 15 is 0 Å². The number of halogens is 3. The number of benzene rings is 4. The molecule has 0 radical (unpaired) electrons. The Bertz CT molecular complexity index is 1350. The fourth-order valence-corrected chi connectivity index (χ4v) is 3.58. The molecule has 0 fully saturated rings. The van der Waals surface area contributed by atoms with Gasteiger partial charge in [0.15, 0.2) is 0 Å². The number of unbranched alkanes of at least 4 members (excludes halogenated alkanes) is 2. The first-order chi connectivity index (χ1) is 16.0. The predicted molar refractivity (Wildman–Crippen MR) is 127 cm³/mol. The van der Waals surface area contributed by atoms with E-state index in [1.165, 1.54) is 24.3 Å². The number of rotatable bonds is 6. The fraction of sp³-hybridized carbons (Fsp3) is 0.172. The molecule has 0 aliphatic carbocycles. The van der Waals surface area contributed by atoms with Crippen molar-refractivity contribution in [1.29, 1.82) is 0 Å². The van der Waals surface area contributed by atoms with Crippen LogP contribution in [0.15, 0.2) is 72.8 Å². The summed E-state index contributed by atoms with van der Waals surface area (Å²) in [7, 11) is 0. The first-order valence-corrected chi connectivity index (χ1v) is 11.0. The van der Waals surface area contributed by atoms with Crippen LogP contribution < -0.4 is 4.74 Å². The van der Waals surface area contributed by atoms with Crippen molar-refractivity contribution in [2.24, 2.45) is 0 Å². The van der Waals surface area contributed by atoms with E-state index in [1.54, 1.807) is 42.5 Å². The van der Waals surface area contributed by atoms with Gasteiger partial charge in [-0.2, -0.15) is 0 Å². The summed E-state index contributed by atoms with van der Waals surface area (Å²) in [6.45, 7) is 2.65. The van der Waals surface area contributed by atoms with Crippen LogP contribution >= 0.6 is 0 Å². The van der Waals surface area contributed by atoms with Crippen molar-refractivity contribution in [1.82, 2.24) is 0 Å². The molecule has 0 aliphatic rings. The third kappa shape index (κ3) is 5.56. The van der Waals surface area contributed by atoms with Crippen LogP contribution in [0.4, 0.5) is 13.2 Å². The van der Waals surface area contributed by atoms with Crippen LogP contribution in [0.5, 0.6) is 5.75 Å². The van der Waals surface area contributed by atoms with Gasteiger partial charge in [0.05, 0.1) is 12.2 Å². The zero-order chi connectivity index (χ0) is 23.2. The molecule has 4 rings (SSSR count). The summed E-state index contributed by atoms with van der Waals surface area (Å²) < 4.78 is 48.2. The van der Waals surface area contributed by atoms with Gasteiger partial charge < -0.3 is 4.74 Å². The minimum absolute atomic E-state index is 0.217. The lowest BCUT2D eigenvalue weighted by Crippen LogP contribution is -1.98. The van der Waals surface area contributed by atoms with E-state index in [0.29, 0.717) is 29.0 Å². The molecule has 0 aromatic heterocycles. The number of hydrogen-bond donors (Lipinski definition) is 0. The zero-order valence-electron chi connectivity index (χ0n) is 18.3. The maximum Gasteiger partial charge on any atom is 0.139 e. The summed E-state index contributed by atoms with van der Waals surface area (Å²) in [5.74, 6) is 4.95. The van der Waals surface area contributed by atoms with Crippen molar-refractivity contribution >= 4 is 10.8 Å². The fourth-order valence-electron chi connectivity index (χ4n) is 3.58. The Balaban J connectivity index is 1.51. The molecule has 0 heterocycles. The van der Waals surface area contributed by atoms with Gasteiger partial charge in [0.1, 0.15) is 23.2 Å². The molecule has 166 valence electrons. The third-order valence-corrected chi connectivity index (χ3v) is 5.38. The van der Waals surface area contributed by atoms with Crippen molar-refractivity contribution in [3.63, 3.8) is 0 Å². The second-order valence-electron chi connectivity index (χ2n) is 7.85. The SMILES string of the molecule is CCCCCOc1ccc(-c2ccc(C#Cc3ccc4cc(F)ccc4c3)c(F)c2)c(F)c1. The molecule has 0 saturated carbocycles. The Hall–Kier alpha value is -3.71. The summed E-state index contributed by atoms with van der Waals surface area (Å²) in [5, 5.41) is 1.63. The van der Waals surface area contributed by atoms with Gasteiger partial charge in [-0.3, -0.25) is 0 Å². The Kier molecular flexibility index (Phi) is 7.00. The Morgan fingerprint density at radius 2 is 1.55 bits per heavy atom. The van der Waals surface area contributed by atoms with Crippen LogP contribution in [-0.2, 0) is 0 Å². The molecular formula is C29H23F3O. The molecule has 4 aromatic carbocycles. The minimum Gasteiger partial charge on any atom is -0.493 e. The van der Waals surface area contributed by atoms with Crippen molar-refractivity contribution in [3.05, 3.63) is 101 Å². The number of ether oxygens (including phenoxy) is 1. The number of hydrogen-bond acceptors (Lipinski definition) is 1. The smallest absolute Gasteiger partial charge is 0.139 e. The highest BCUT2D eigenvalue weighted by Crippen LogP contribution is 2.28. The van der Waals surface area contributed by atoms with E-state index in [4.69, 9.17) is 4.74 Å². The van der Waals surface area contributed by atoms with E-state index in [9.17, 15) is 13.2 Å². The first-order valence-electron chi connectivity index (χ1n) is 11.0. The molecule has 0 atom stereocenters. The molecule has 0 spiro atoms. The zero-order valence-corrected chi connectivity index (χ0v) is 18.3. The largest absolute Gasteiger partial charge is 0.493 e. The lowest BCUT2D eigenvalue weighted by atomic mass is 10.0. The molecule has 1 nitrogen and oxygen atoms in total. The van der Waals surface area contributed by atoms with Crippen molar-refractivity contribution in [2.75, 3.05) is 6.61 Å². The molecular weight excluding hydrogens is 421 g/mol. The first kappa shape index (κ1) is 22.5. The summed E-state index contributed by atoms with van der Waals surface area (Å²) in [6.07, 6.45) is 3.08. The van der Waals surface area contributed by atoms with E-state index in [1.807, 2.05) is 6.07 Å². The predicted octanol–water partition coefficient (Wildman–Crippen LogP) is 7.89. The molecule has 4 aromatic rings. The molecule has 0 amide bonds. The lowest BCUT2D eigenvalue weighted by molar-refractivity contribution is 0.305. The van der Waals surface area contributed by atoms with Crippen LogP contribution in [0.3, 0.4) is 0 Å². The van der Waals surface area contributed by atoms with E-state index in [-0.39, 0.29) is 11.4 Å². The van der Waals surface area contributed by atoms with Gasteiger partial charge in [0.25, 0.3) is 0 Å². The molecule has 33 heavy (non-hydrogen) atoms. The van der Waals surface area contributed by atoms with Gasteiger partial charge in [-0.1, -0.05) is 49.8 Å². The van der Waals surface area contributed by atoms with Crippen molar-refractivity contribution in [2.45, 2.75) is 26.2 Å². The normalized spacial score (nSPS) is 10.7. The molecule has 0 aliphatic heterocycles. The van der Waals surface area contributed by atoms with Crippen LogP contribution in [-0.4, -0.2) is 6.61 Å². The maximum absolute atomic E-state index is 14.7. The highest BCUT2D eigenvalue weighted by Gasteiger charge is 2.10. The van der Waals surface area contributed by atoms with Gasteiger partial charge in [0.2, 0.25) is 0 Å². The average molecular weight is 444 g/mol. The molecule has 0 saturated heterocycles. The number of fused-ring (bicyclic) bond motifs is 1. The van der Waals surface area contributed by atoms with Gasteiger partial charge in [-0.25, -0.2) is 13.2 Å². The van der Waals surface area contributed by atoms with Crippen LogP contribution in [0, 0.1) is 29.3 Å². The summed E-state index contributed by atoms with van der Waals surface area (Å²) in [4.78, 5) is 0. The van der Waals surface area contributed by atoms with Crippen LogP contribution in [0.2, 0.25) is 0 Å². The standard InChI is InChI=1S/C29H23F3O/c1-2-3-4-15-33-26-13-14-27(29(32)19-26)24-10-9-21(28(31)18-24)7-5-20-6-8-23-17-25(30)12-11-22(23)16-20/h6,8-14,16-19H,2-4,15H2,1H3. The third-order valence-electron chi connectivity index (χ3n) is 5.38.